The minimum atomic E-state index is -0.338. The largest absolute Gasteiger partial charge is 0.469 e. The SMILES string of the molecule is O=C1CC(c2ccccc2)CC2=C1C(c1ccco1)CC(=O)N2c1ccc(Cl)cc1. The third-order valence-corrected chi connectivity index (χ3v) is 6.22. The monoisotopic (exact) mass is 417 g/mol. The summed E-state index contributed by atoms with van der Waals surface area (Å²) in [7, 11) is 0. The van der Waals surface area contributed by atoms with Crippen LogP contribution in [0.25, 0.3) is 0 Å². The zero-order valence-corrected chi connectivity index (χ0v) is 17.0. The number of hydrogen-bond acceptors (Lipinski definition) is 3. The standard InChI is InChI=1S/C25H20ClNO3/c26-18-8-10-19(11-9-18)27-21-13-17(16-5-2-1-3-6-16)14-22(28)25(21)20(15-24(27)29)23-7-4-12-30-23/h1-12,17,20H,13-15H2. The molecule has 1 amide bonds. The van der Waals surface area contributed by atoms with Crippen LogP contribution in [-0.4, -0.2) is 11.7 Å². The van der Waals surface area contributed by atoms with Gasteiger partial charge in [-0.1, -0.05) is 41.9 Å². The zero-order valence-electron chi connectivity index (χ0n) is 16.3. The van der Waals surface area contributed by atoms with Gasteiger partial charge in [0.1, 0.15) is 5.76 Å². The lowest BCUT2D eigenvalue weighted by Gasteiger charge is -2.39. The fourth-order valence-electron chi connectivity index (χ4n) is 4.62. The molecule has 150 valence electrons. The van der Waals surface area contributed by atoms with E-state index in [2.05, 4.69) is 0 Å². The number of Topliss-reactive ketones (excluding diaryl/α,β-unsaturated/α-hetero) is 1. The Kier molecular flexibility index (Phi) is 4.80. The van der Waals surface area contributed by atoms with Gasteiger partial charge in [-0.2, -0.15) is 0 Å². The van der Waals surface area contributed by atoms with Crippen molar-refractivity contribution in [3.63, 3.8) is 0 Å². The summed E-state index contributed by atoms with van der Waals surface area (Å²) in [5, 5.41) is 0.604. The molecular weight excluding hydrogens is 398 g/mol. The molecule has 1 aliphatic carbocycles. The van der Waals surface area contributed by atoms with Gasteiger partial charge >= 0.3 is 0 Å². The highest BCUT2D eigenvalue weighted by Crippen LogP contribution is 2.47. The van der Waals surface area contributed by atoms with E-state index in [9.17, 15) is 9.59 Å². The predicted octanol–water partition coefficient (Wildman–Crippen LogP) is 5.85. The van der Waals surface area contributed by atoms with Crippen LogP contribution < -0.4 is 4.90 Å². The first kappa shape index (κ1) is 18.9. The average Bonchev–Trinajstić information content (AvgIpc) is 3.29. The minimum absolute atomic E-state index is 0.0374. The van der Waals surface area contributed by atoms with Crippen molar-refractivity contribution in [2.75, 3.05) is 4.90 Å². The summed E-state index contributed by atoms with van der Waals surface area (Å²) in [6.45, 7) is 0. The van der Waals surface area contributed by atoms with Gasteiger partial charge in [-0.25, -0.2) is 0 Å². The molecule has 1 aromatic heterocycles. The van der Waals surface area contributed by atoms with E-state index in [-0.39, 0.29) is 29.9 Å². The number of amides is 1. The molecule has 1 aliphatic heterocycles. The maximum absolute atomic E-state index is 13.4. The van der Waals surface area contributed by atoms with Crippen LogP contribution in [0.2, 0.25) is 5.02 Å². The van der Waals surface area contributed by atoms with Crippen molar-refractivity contribution in [1.29, 1.82) is 0 Å². The number of carbonyl (C=O) groups excluding carboxylic acids is 2. The number of nitrogens with zero attached hydrogens (tertiary/aromatic N) is 1. The van der Waals surface area contributed by atoms with E-state index >= 15 is 0 Å². The topological polar surface area (TPSA) is 50.5 Å². The maximum atomic E-state index is 13.4. The molecule has 2 atom stereocenters. The molecule has 0 fully saturated rings. The molecule has 2 aromatic carbocycles. The summed E-state index contributed by atoms with van der Waals surface area (Å²) < 4.78 is 5.61. The van der Waals surface area contributed by atoms with E-state index in [4.69, 9.17) is 16.0 Å². The molecular formula is C25H20ClNO3. The number of benzene rings is 2. The van der Waals surface area contributed by atoms with Gasteiger partial charge in [-0.3, -0.25) is 14.5 Å². The number of anilines is 1. The molecule has 0 radical (unpaired) electrons. The third kappa shape index (κ3) is 3.27. The van der Waals surface area contributed by atoms with Crippen LogP contribution in [0.1, 0.15) is 42.4 Å². The Morgan fingerprint density at radius 3 is 2.33 bits per heavy atom. The van der Waals surface area contributed by atoms with E-state index in [0.717, 1.165) is 16.9 Å². The van der Waals surface area contributed by atoms with Gasteiger partial charge in [-0.05, 0) is 54.3 Å². The Hall–Kier alpha value is -3.11. The third-order valence-electron chi connectivity index (χ3n) is 5.97. The van der Waals surface area contributed by atoms with E-state index in [1.165, 1.54) is 0 Å². The number of furan rings is 1. The molecule has 0 saturated heterocycles. The van der Waals surface area contributed by atoms with Crippen LogP contribution in [0, 0.1) is 0 Å². The fraction of sp³-hybridized carbons (Fsp3) is 0.200. The van der Waals surface area contributed by atoms with E-state index in [1.54, 1.807) is 29.4 Å². The number of hydrogen-bond donors (Lipinski definition) is 0. The first-order chi connectivity index (χ1) is 14.6. The van der Waals surface area contributed by atoms with E-state index in [0.29, 0.717) is 29.2 Å². The smallest absolute Gasteiger partial charge is 0.232 e. The van der Waals surface area contributed by atoms with Crippen molar-refractivity contribution < 1.29 is 14.0 Å². The van der Waals surface area contributed by atoms with Crippen molar-refractivity contribution in [1.82, 2.24) is 0 Å². The first-order valence-electron chi connectivity index (χ1n) is 10.0. The van der Waals surface area contributed by atoms with Gasteiger partial charge in [0.05, 0.1) is 12.2 Å². The Labute approximate surface area is 179 Å². The molecule has 30 heavy (non-hydrogen) atoms. The Balaban J connectivity index is 1.64. The Morgan fingerprint density at radius 1 is 0.867 bits per heavy atom. The van der Waals surface area contributed by atoms with Crippen molar-refractivity contribution >= 4 is 29.0 Å². The zero-order chi connectivity index (χ0) is 20.7. The molecule has 4 nitrogen and oxygen atoms in total. The van der Waals surface area contributed by atoms with Crippen molar-refractivity contribution in [3.8, 4) is 0 Å². The highest BCUT2D eigenvalue weighted by atomic mass is 35.5. The number of halogens is 1. The second-order valence-electron chi connectivity index (χ2n) is 7.78. The normalized spacial score (nSPS) is 21.7. The average molecular weight is 418 g/mol. The Bertz CT molecular complexity index is 1120. The van der Waals surface area contributed by atoms with Gasteiger partial charge in [0, 0.05) is 34.8 Å². The van der Waals surface area contributed by atoms with Gasteiger partial charge in [0.2, 0.25) is 5.91 Å². The molecule has 5 heteroatoms. The van der Waals surface area contributed by atoms with E-state index in [1.807, 2.05) is 48.5 Å². The summed E-state index contributed by atoms with van der Waals surface area (Å²) in [4.78, 5) is 28.4. The van der Waals surface area contributed by atoms with Gasteiger partial charge in [0.25, 0.3) is 0 Å². The highest BCUT2D eigenvalue weighted by Gasteiger charge is 2.43. The summed E-state index contributed by atoms with van der Waals surface area (Å²) >= 11 is 6.06. The summed E-state index contributed by atoms with van der Waals surface area (Å²) in [5.74, 6) is 0.403. The molecule has 2 aliphatic rings. The molecule has 0 bridgehead atoms. The van der Waals surface area contributed by atoms with E-state index < -0.39 is 0 Å². The number of allylic oxidation sites excluding steroid dienone is 2. The second-order valence-corrected chi connectivity index (χ2v) is 8.21. The molecule has 2 unspecified atom stereocenters. The molecule has 2 heterocycles. The number of rotatable bonds is 3. The Morgan fingerprint density at radius 2 is 1.63 bits per heavy atom. The van der Waals surface area contributed by atoms with Crippen LogP contribution in [0.5, 0.6) is 0 Å². The fourth-order valence-corrected chi connectivity index (χ4v) is 4.75. The summed E-state index contributed by atoms with van der Waals surface area (Å²) in [5.41, 5.74) is 3.32. The second kappa shape index (κ2) is 7.62. The van der Waals surface area contributed by atoms with Crippen LogP contribution >= 0.6 is 11.6 Å². The lowest BCUT2D eigenvalue weighted by Crippen LogP contribution is -2.41. The summed E-state index contributed by atoms with van der Waals surface area (Å²) in [6, 6.07) is 20.9. The number of ketones is 1. The minimum Gasteiger partial charge on any atom is -0.469 e. The van der Waals surface area contributed by atoms with Crippen LogP contribution in [0.15, 0.2) is 88.7 Å². The first-order valence-corrected chi connectivity index (χ1v) is 10.4. The van der Waals surface area contributed by atoms with Crippen LogP contribution in [-0.2, 0) is 9.59 Å². The van der Waals surface area contributed by atoms with Crippen molar-refractivity contribution in [3.05, 3.63) is 101 Å². The molecule has 0 saturated carbocycles. The van der Waals surface area contributed by atoms with Gasteiger partial charge in [0.15, 0.2) is 5.78 Å². The van der Waals surface area contributed by atoms with Crippen LogP contribution in [0.3, 0.4) is 0 Å². The molecule has 5 rings (SSSR count). The predicted molar refractivity (Wildman–Crippen MR) is 115 cm³/mol. The summed E-state index contributed by atoms with van der Waals surface area (Å²) in [6.07, 6.45) is 2.85. The molecule has 3 aromatic rings. The number of carbonyl (C=O) groups is 2. The van der Waals surface area contributed by atoms with Gasteiger partial charge < -0.3 is 4.42 Å². The van der Waals surface area contributed by atoms with Crippen molar-refractivity contribution in [2.24, 2.45) is 0 Å². The molecule has 0 spiro atoms. The maximum Gasteiger partial charge on any atom is 0.232 e. The quantitative estimate of drug-likeness (QED) is 0.536. The highest BCUT2D eigenvalue weighted by molar-refractivity contribution is 6.30. The molecule has 0 N–H and O–H groups in total. The van der Waals surface area contributed by atoms with Gasteiger partial charge in [-0.15, -0.1) is 0 Å². The lowest BCUT2D eigenvalue weighted by atomic mass is 9.74. The lowest BCUT2D eigenvalue weighted by molar-refractivity contribution is -0.120. The van der Waals surface area contributed by atoms with Crippen LogP contribution in [0.4, 0.5) is 5.69 Å². The van der Waals surface area contributed by atoms with Crippen molar-refractivity contribution in [2.45, 2.75) is 31.1 Å².